The van der Waals surface area contributed by atoms with Gasteiger partial charge in [0.25, 0.3) is 0 Å². The Bertz CT molecular complexity index is 422. The average Bonchev–Trinajstić information content (AvgIpc) is 2.74. The van der Waals surface area contributed by atoms with Gasteiger partial charge >= 0.3 is 0 Å². The lowest BCUT2D eigenvalue weighted by molar-refractivity contribution is 0.214. The summed E-state index contributed by atoms with van der Waals surface area (Å²) in [5.41, 5.74) is 3.63. The highest BCUT2D eigenvalue weighted by Gasteiger charge is 2.31. The van der Waals surface area contributed by atoms with Gasteiger partial charge in [0, 0.05) is 6.61 Å². The first-order valence-electron chi connectivity index (χ1n) is 7.35. The van der Waals surface area contributed by atoms with E-state index >= 15 is 0 Å². The fourth-order valence-corrected chi connectivity index (χ4v) is 3.21. The Labute approximate surface area is 115 Å². The molecule has 1 aromatic rings. The molecule has 0 saturated heterocycles. The summed E-state index contributed by atoms with van der Waals surface area (Å²) in [6.45, 7) is 2.41. The second kappa shape index (κ2) is 6.88. The molecule has 0 aromatic heterocycles. The highest BCUT2D eigenvalue weighted by atomic mass is 16.3. The fourth-order valence-electron chi connectivity index (χ4n) is 3.21. The predicted molar refractivity (Wildman–Crippen MR) is 78.7 cm³/mol. The van der Waals surface area contributed by atoms with Gasteiger partial charge in [-0.1, -0.05) is 49.2 Å². The number of rotatable bonds is 6. The second-order valence-electron chi connectivity index (χ2n) is 5.37. The van der Waals surface area contributed by atoms with Gasteiger partial charge in [0.2, 0.25) is 0 Å². The largest absolute Gasteiger partial charge is 0.396 e. The van der Waals surface area contributed by atoms with Crippen molar-refractivity contribution in [3.05, 3.63) is 41.5 Å². The van der Waals surface area contributed by atoms with Gasteiger partial charge in [-0.25, -0.2) is 0 Å². The highest BCUT2D eigenvalue weighted by molar-refractivity contribution is 5.74. The SMILES string of the molecule is CCCC1CC(O)C(c2ccccc2)=C1CCCO. The summed E-state index contributed by atoms with van der Waals surface area (Å²) < 4.78 is 0. The molecule has 0 aliphatic heterocycles. The summed E-state index contributed by atoms with van der Waals surface area (Å²) in [4.78, 5) is 0. The molecule has 1 aromatic carbocycles. The van der Waals surface area contributed by atoms with Crippen LogP contribution in [0, 0.1) is 5.92 Å². The van der Waals surface area contributed by atoms with E-state index in [0.29, 0.717) is 5.92 Å². The number of aliphatic hydroxyl groups excluding tert-OH is 2. The van der Waals surface area contributed by atoms with E-state index in [1.165, 1.54) is 5.57 Å². The molecule has 2 unspecified atom stereocenters. The summed E-state index contributed by atoms with van der Waals surface area (Å²) >= 11 is 0. The first-order valence-corrected chi connectivity index (χ1v) is 7.35. The zero-order chi connectivity index (χ0) is 13.7. The number of allylic oxidation sites excluding steroid dienone is 1. The number of hydrogen-bond acceptors (Lipinski definition) is 2. The molecule has 0 heterocycles. The van der Waals surface area contributed by atoms with Crippen LogP contribution >= 0.6 is 0 Å². The standard InChI is InChI=1S/C17H24O2/c1-2-7-14-12-16(19)17(15(14)10-6-11-18)13-8-4-3-5-9-13/h3-5,8-9,14,16,18-19H,2,6-7,10-12H2,1H3. The zero-order valence-corrected chi connectivity index (χ0v) is 11.7. The van der Waals surface area contributed by atoms with Crippen LogP contribution in [0.4, 0.5) is 0 Å². The minimum Gasteiger partial charge on any atom is -0.396 e. The van der Waals surface area contributed by atoms with E-state index in [0.717, 1.165) is 43.2 Å². The molecular weight excluding hydrogens is 236 g/mol. The molecule has 0 spiro atoms. The van der Waals surface area contributed by atoms with Crippen molar-refractivity contribution in [3.63, 3.8) is 0 Å². The molecule has 2 N–H and O–H groups in total. The van der Waals surface area contributed by atoms with Gasteiger partial charge in [-0.2, -0.15) is 0 Å². The van der Waals surface area contributed by atoms with Gasteiger partial charge < -0.3 is 10.2 Å². The Balaban J connectivity index is 2.33. The van der Waals surface area contributed by atoms with Crippen LogP contribution in [0.2, 0.25) is 0 Å². The van der Waals surface area contributed by atoms with E-state index in [-0.39, 0.29) is 12.7 Å². The molecule has 104 valence electrons. The minimum absolute atomic E-state index is 0.223. The van der Waals surface area contributed by atoms with Gasteiger partial charge in [-0.15, -0.1) is 0 Å². The number of benzene rings is 1. The van der Waals surface area contributed by atoms with Gasteiger partial charge in [0.15, 0.2) is 0 Å². The van der Waals surface area contributed by atoms with Crippen LogP contribution < -0.4 is 0 Å². The first kappa shape index (κ1) is 14.3. The van der Waals surface area contributed by atoms with Crippen LogP contribution in [0.3, 0.4) is 0 Å². The molecule has 19 heavy (non-hydrogen) atoms. The maximum atomic E-state index is 10.4. The lowest BCUT2D eigenvalue weighted by Crippen LogP contribution is -2.05. The van der Waals surface area contributed by atoms with Crippen LogP contribution in [0.15, 0.2) is 35.9 Å². The van der Waals surface area contributed by atoms with Crippen molar-refractivity contribution < 1.29 is 10.2 Å². The molecular formula is C17H24O2. The Morgan fingerprint density at radius 2 is 1.95 bits per heavy atom. The second-order valence-corrected chi connectivity index (χ2v) is 5.37. The van der Waals surface area contributed by atoms with Gasteiger partial charge in [0.05, 0.1) is 6.10 Å². The molecule has 0 amide bonds. The molecule has 2 heteroatoms. The Morgan fingerprint density at radius 1 is 1.21 bits per heavy atom. The molecule has 1 aliphatic rings. The quantitative estimate of drug-likeness (QED) is 0.823. The maximum Gasteiger partial charge on any atom is 0.0801 e. The van der Waals surface area contributed by atoms with Crippen LogP contribution in [0.1, 0.15) is 44.6 Å². The van der Waals surface area contributed by atoms with Crippen molar-refractivity contribution in [1.82, 2.24) is 0 Å². The van der Waals surface area contributed by atoms with Crippen molar-refractivity contribution in [2.75, 3.05) is 6.61 Å². The third kappa shape index (κ3) is 3.26. The molecule has 2 rings (SSSR count). The summed E-state index contributed by atoms with van der Waals surface area (Å²) in [6, 6.07) is 10.2. The van der Waals surface area contributed by atoms with Crippen LogP contribution in [0.5, 0.6) is 0 Å². The monoisotopic (exact) mass is 260 g/mol. The fraction of sp³-hybridized carbons (Fsp3) is 0.529. The smallest absolute Gasteiger partial charge is 0.0801 e. The van der Waals surface area contributed by atoms with E-state index in [2.05, 4.69) is 19.1 Å². The van der Waals surface area contributed by atoms with E-state index in [1.54, 1.807) is 0 Å². The van der Waals surface area contributed by atoms with Crippen LogP contribution in [-0.2, 0) is 0 Å². The average molecular weight is 260 g/mol. The summed E-state index contributed by atoms with van der Waals surface area (Å²) in [6.07, 6.45) is 4.48. The predicted octanol–water partition coefficient (Wildman–Crippen LogP) is 3.39. The molecule has 0 radical (unpaired) electrons. The Morgan fingerprint density at radius 3 is 2.58 bits per heavy atom. The van der Waals surface area contributed by atoms with E-state index < -0.39 is 0 Å². The van der Waals surface area contributed by atoms with Crippen LogP contribution in [-0.4, -0.2) is 22.9 Å². The lowest BCUT2D eigenvalue weighted by atomic mass is 9.91. The summed E-state index contributed by atoms with van der Waals surface area (Å²) in [7, 11) is 0. The Hall–Kier alpha value is -1.12. The van der Waals surface area contributed by atoms with Crippen molar-refractivity contribution >= 4 is 5.57 Å². The van der Waals surface area contributed by atoms with E-state index in [1.807, 2.05) is 18.2 Å². The Kier molecular flexibility index (Phi) is 5.17. The van der Waals surface area contributed by atoms with Crippen molar-refractivity contribution in [1.29, 1.82) is 0 Å². The first-order chi connectivity index (χ1) is 9.27. The van der Waals surface area contributed by atoms with Gasteiger partial charge in [0.1, 0.15) is 0 Å². The highest BCUT2D eigenvalue weighted by Crippen LogP contribution is 2.42. The molecule has 0 fully saturated rings. The van der Waals surface area contributed by atoms with E-state index in [9.17, 15) is 5.11 Å². The summed E-state index contributed by atoms with van der Waals surface area (Å²) in [5, 5.41) is 19.5. The molecule has 2 atom stereocenters. The number of hydrogen-bond donors (Lipinski definition) is 2. The molecule has 1 aliphatic carbocycles. The third-order valence-corrected chi connectivity index (χ3v) is 4.01. The third-order valence-electron chi connectivity index (χ3n) is 4.01. The van der Waals surface area contributed by atoms with Gasteiger partial charge in [-0.05, 0) is 42.7 Å². The lowest BCUT2D eigenvalue weighted by Gasteiger charge is -2.14. The van der Waals surface area contributed by atoms with E-state index in [4.69, 9.17) is 5.11 Å². The minimum atomic E-state index is -0.340. The molecule has 0 bridgehead atoms. The zero-order valence-electron chi connectivity index (χ0n) is 11.7. The van der Waals surface area contributed by atoms with Crippen molar-refractivity contribution in [2.45, 2.75) is 45.1 Å². The van der Waals surface area contributed by atoms with Gasteiger partial charge in [-0.3, -0.25) is 0 Å². The van der Waals surface area contributed by atoms with Crippen molar-refractivity contribution in [2.24, 2.45) is 5.92 Å². The molecule has 2 nitrogen and oxygen atoms in total. The summed E-state index contributed by atoms with van der Waals surface area (Å²) in [5.74, 6) is 0.488. The topological polar surface area (TPSA) is 40.5 Å². The maximum absolute atomic E-state index is 10.4. The number of aliphatic hydroxyl groups is 2. The van der Waals surface area contributed by atoms with Crippen molar-refractivity contribution in [3.8, 4) is 0 Å². The van der Waals surface area contributed by atoms with Crippen LogP contribution in [0.25, 0.3) is 5.57 Å². The molecule has 0 saturated carbocycles. The normalized spacial score (nSPS) is 23.1.